The normalized spacial score (nSPS) is 10.6. The number of aromatic nitrogens is 3. The fourth-order valence-corrected chi connectivity index (χ4v) is 1.45. The zero-order chi connectivity index (χ0) is 13.1. The number of hydrogen-bond acceptors (Lipinski definition) is 4. The van der Waals surface area contributed by atoms with Crippen LogP contribution in [0.1, 0.15) is 16.1 Å². The average Bonchev–Trinajstić information content (AvgIpc) is 2.80. The predicted molar refractivity (Wildman–Crippen MR) is 58.6 cm³/mol. The summed E-state index contributed by atoms with van der Waals surface area (Å²) < 4.78 is 27.5. The monoisotopic (exact) mass is 252 g/mol. The lowest BCUT2D eigenvalue weighted by atomic mass is 10.1. The van der Waals surface area contributed by atoms with Gasteiger partial charge in [-0.3, -0.25) is 4.79 Å². The predicted octanol–water partition coefficient (Wildman–Crippen LogP) is 0.898. The van der Waals surface area contributed by atoms with Crippen LogP contribution in [0.3, 0.4) is 0 Å². The van der Waals surface area contributed by atoms with Gasteiger partial charge in [0.05, 0.1) is 17.5 Å². The molecule has 0 bridgehead atoms. The van der Waals surface area contributed by atoms with E-state index in [2.05, 4.69) is 10.3 Å². The Kier molecular flexibility index (Phi) is 3.42. The maximum atomic E-state index is 13.3. The van der Waals surface area contributed by atoms with Gasteiger partial charge in [0, 0.05) is 6.54 Å². The van der Waals surface area contributed by atoms with Crippen LogP contribution in [0.25, 0.3) is 0 Å². The molecular weight excluding hydrogens is 242 g/mol. The van der Waals surface area contributed by atoms with Crippen LogP contribution in [-0.4, -0.2) is 20.8 Å². The summed E-state index contributed by atoms with van der Waals surface area (Å²) in [6.07, 6.45) is 1.48. The molecule has 0 fully saturated rings. The van der Waals surface area contributed by atoms with Crippen LogP contribution in [0.5, 0.6) is 0 Å². The van der Waals surface area contributed by atoms with Crippen LogP contribution >= 0.6 is 0 Å². The molecule has 94 valence electrons. The lowest BCUT2D eigenvalue weighted by Gasteiger charge is -2.02. The molecule has 2 rings (SSSR count). The molecule has 0 aliphatic carbocycles. The van der Waals surface area contributed by atoms with Crippen molar-refractivity contribution < 1.29 is 13.6 Å². The molecule has 1 heterocycles. The average molecular weight is 252 g/mol. The van der Waals surface area contributed by atoms with Gasteiger partial charge in [-0.25, -0.2) is 13.5 Å². The highest BCUT2D eigenvalue weighted by molar-refractivity contribution is 5.96. The van der Waals surface area contributed by atoms with Gasteiger partial charge in [0.25, 0.3) is 0 Å². The van der Waals surface area contributed by atoms with Gasteiger partial charge in [0.2, 0.25) is 0 Å². The summed E-state index contributed by atoms with van der Waals surface area (Å²) in [5.41, 5.74) is 5.55. The Morgan fingerprint density at radius 2 is 2.17 bits per heavy atom. The third-order valence-electron chi connectivity index (χ3n) is 2.33. The van der Waals surface area contributed by atoms with Crippen molar-refractivity contribution >= 4 is 5.78 Å². The first kappa shape index (κ1) is 12.3. The Bertz CT molecular complexity index is 582. The minimum Gasteiger partial charge on any atom is -0.325 e. The Hall–Kier alpha value is -2.15. The fourth-order valence-electron chi connectivity index (χ4n) is 1.45. The third kappa shape index (κ3) is 2.57. The van der Waals surface area contributed by atoms with E-state index in [0.717, 1.165) is 18.2 Å². The third-order valence-corrected chi connectivity index (χ3v) is 2.33. The van der Waals surface area contributed by atoms with Gasteiger partial charge in [-0.2, -0.15) is 0 Å². The maximum absolute atomic E-state index is 13.3. The smallest absolute Gasteiger partial charge is 0.187 e. The van der Waals surface area contributed by atoms with Gasteiger partial charge >= 0.3 is 0 Å². The van der Waals surface area contributed by atoms with Crippen LogP contribution in [0, 0.1) is 11.6 Å². The van der Waals surface area contributed by atoms with Crippen molar-refractivity contribution in [2.24, 2.45) is 5.73 Å². The second kappa shape index (κ2) is 5.01. The number of Topliss-reactive ketones (excluding diaryl/α,β-unsaturated/α-hetero) is 1. The highest BCUT2D eigenvalue weighted by Crippen LogP contribution is 2.11. The highest BCUT2D eigenvalue weighted by atomic mass is 19.1. The van der Waals surface area contributed by atoms with Crippen molar-refractivity contribution in [3.63, 3.8) is 0 Å². The van der Waals surface area contributed by atoms with Crippen LogP contribution in [0.15, 0.2) is 24.4 Å². The molecule has 0 saturated carbocycles. The summed E-state index contributed by atoms with van der Waals surface area (Å²) in [4.78, 5) is 11.8. The van der Waals surface area contributed by atoms with Gasteiger partial charge in [-0.05, 0) is 18.2 Å². The zero-order valence-corrected chi connectivity index (χ0v) is 9.31. The number of nitrogens with zero attached hydrogens (tertiary/aromatic N) is 3. The number of rotatable bonds is 4. The minimum atomic E-state index is -0.763. The Balaban J connectivity index is 2.19. The van der Waals surface area contributed by atoms with Crippen molar-refractivity contribution in [2.45, 2.75) is 13.1 Å². The SMILES string of the molecule is NCc1cn(CC(=O)c2cc(F)ccc2F)nn1. The number of halogens is 2. The van der Waals surface area contributed by atoms with Gasteiger partial charge < -0.3 is 5.73 Å². The quantitative estimate of drug-likeness (QED) is 0.820. The van der Waals surface area contributed by atoms with E-state index in [1.165, 1.54) is 10.9 Å². The number of carbonyl (C=O) groups is 1. The molecule has 0 saturated heterocycles. The van der Waals surface area contributed by atoms with Crippen LogP contribution < -0.4 is 5.73 Å². The molecule has 0 atom stereocenters. The molecule has 1 aromatic heterocycles. The second-order valence-corrected chi connectivity index (χ2v) is 3.66. The fraction of sp³-hybridized carbons (Fsp3) is 0.182. The molecule has 0 aliphatic heterocycles. The molecule has 2 aromatic rings. The molecule has 7 heteroatoms. The molecule has 2 N–H and O–H groups in total. The Morgan fingerprint density at radius 3 is 2.83 bits per heavy atom. The molecule has 5 nitrogen and oxygen atoms in total. The minimum absolute atomic E-state index is 0.197. The number of hydrogen-bond donors (Lipinski definition) is 1. The summed E-state index contributed by atoms with van der Waals surface area (Å²) in [5, 5.41) is 7.34. The first-order valence-corrected chi connectivity index (χ1v) is 5.17. The molecule has 0 amide bonds. The van der Waals surface area contributed by atoms with E-state index >= 15 is 0 Å². The van der Waals surface area contributed by atoms with Gasteiger partial charge in [0.15, 0.2) is 5.78 Å². The number of benzene rings is 1. The molecule has 0 unspecified atom stereocenters. The topological polar surface area (TPSA) is 73.8 Å². The standard InChI is InChI=1S/C11H10F2N4O/c12-7-1-2-10(13)9(3-7)11(18)6-17-5-8(4-14)15-16-17/h1-3,5H,4,6,14H2. The number of carbonyl (C=O) groups excluding carboxylic acids is 1. The number of ketones is 1. The summed E-state index contributed by atoms with van der Waals surface area (Å²) in [5.74, 6) is -2.01. The van der Waals surface area contributed by atoms with Gasteiger partial charge in [-0.15, -0.1) is 5.10 Å². The van der Waals surface area contributed by atoms with E-state index in [1.807, 2.05) is 0 Å². The van der Waals surface area contributed by atoms with E-state index in [1.54, 1.807) is 0 Å². The van der Waals surface area contributed by atoms with Crippen LogP contribution in [-0.2, 0) is 13.1 Å². The maximum Gasteiger partial charge on any atom is 0.187 e. The van der Waals surface area contributed by atoms with E-state index in [9.17, 15) is 13.6 Å². The summed E-state index contributed by atoms with van der Waals surface area (Å²) in [7, 11) is 0. The molecule has 0 radical (unpaired) electrons. The van der Waals surface area contributed by atoms with Gasteiger partial charge in [0.1, 0.15) is 18.2 Å². The van der Waals surface area contributed by atoms with Crippen molar-refractivity contribution in [3.05, 3.63) is 47.3 Å². The van der Waals surface area contributed by atoms with E-state index in [4.69, 9.17) is 5.73 Å². The molecule has 1 aromatic carbocycles. The van der Waals surface area contributed by atoms with Crippen molar-refractivity contribution in [1.82, 2.24) is 15.0 Å². The van der Waals surface area contributed by atoms with Crippen LogP contribution in [0.4, 0.5) is 8.78 Å². The molecule has 18 heavy (non-hydrogen) atoms. The van der Waals surface area contributed by atoms with Gasteiger partial charge in [-0.1, -0.05) is 5.21 Å². The van der Waals surface area contributed by atoms with E-state index in [-0.39, 0.29) is 18.7 Å². The zero-order valence-electron chi connectivity index (χ0n) is 9.31. The summed E-state index contributed by atoms with van der Waals surface area (Å²) in [6, 6.07) is 2.72. The first-order chi connectivity index (χ1) is 8.60. The Morgan fingerprint density at radius 1 is 1.39 bits per heavy atom. The van der Waals surface area contributed by atoms with Crippen molar-refractivity contribution in [3.8, 4) is 0 Å². The van der Waals surface area contributed by atoms with Crippen LogP contribution in [0.2, 0.25) is 0 Å². The Labute approximate surface area is 101 Å². The number of nitrogens with two attached hydrogens (primary N) is 1. The van der Waals surface area contributed by atoms with Crippen molar-refractivity contribution in [1.29, 1.82) is 0 Å². The summed E-state index contributed by atoms with van der Waals surface area (Å²) >= 11 is 0. The lowest BCUT2D eigenvalue weighted by Crippen LogP contribution is -2.13. The summed E-state index contributed by atoms with van der Waals surface area (Å²) in [6.45, 7) is -0.0180. The molecule has 0 spiro atoms. The first-order valence-electron chi connectivity index (χ1n) is 5.17. The van der Waals surface area contributed by atoms with E-state index in [0.29, 0.717) is 5.69 Å². The molecular formula is C11H10F2N4O. The lowest BCUT2D eigenvalue weighted by molar-refractivity contribution is 0.0962. The largest absolute Gasteiger partial charge is 0.325 e. The second-order valence-electron chi connectivity index (χ2n) is 3.66. The van der Waals surface area contributed by atoms with E-state index < -0.39 is 17.4 Å². The molecule has 0 aliphatic rings. The van der Waals surface area contributed by atoms with Crippen molar-refractivity contribution in [2.75, 3.05) is 0 Å². The highest BCUT2D eigenvalue weighted by Gasteiger charge is 2.14.